The number of aromatic nitrogens is 1. The highest BCUT2D eigenvalue weighted by Crippen LogP contribution is 2.15. The third kappa shape index (κ3) is 3.66. The van der Waals surface area contributed by atoms with E-state index >= 15 is 0 Å². The van der Waals surface area contributed by atoms with Gasteiger partial charge in [-0.3, -0.25) is 0 Å². The fraction of sp³-hybridized carbons (Fsp3) is 0.545. The van der Waals surface area contributed by atoms with Crippen LogP contribution < -0.4 is 5.73 Å². The summed E-state index contributed by atoms with van der Waals surface area (Å²) < 4.78 is 25.8. The summed E-state index contributed by atoms with van der Waals surface area (Å²) in [5.74, 6) is 0.274. The van der Waals surface area contributed by atoms with E-state index in [0.717, 1.165) is 12.8 Å². The number of nitrogen functional groups attached to an aromatic ring is 1. The highest BCUT2D eigenvalue weighted by molar-refractivity contribution is 7.89. The quantitative estimate of drug-likeness (QED) is 0.751. The number of hydrogen-bond acceptors (Lipinski definition) is 5. The Morgan fingerprint density at radius 2 is 2.11 bits per heavy atom. The normalized spacial score (nSPS) is 11.9. The van der Waals surface area contributed by atoms with Gasteiger partial charge in [0.05, 0.1) is 6.61 Å². The molecule has 1 rings (SSSR count). The van der Waals surface area contributed by atoms with Crippen molar-refractivity contribution in [3.05, 3.63) is 18.3 Å². The third-order valence-electron chi connectivity index (χ3n) is 2.51. The van der Waals surface area contributed by atoms with Gasteiger partial charge in [-0.05, 0) is 18.6 Å². The minimum absolute atomic E-state index is 0.0900. The first-order valence-electron chi connectivity index (χ1n) is 5.85. The van der Waals surface area contributed by atoms with E-state index in [1.807, 2.05) is 6.92 Å². The maximum absolute atomic E-state index is 12.3. The topological polar surface area (TPSA) is 96.5 Å². The molecule has 1 heterocycles. The van der Waals surface area contributed by atoms with Crippen LogP contribution >= 0.6 is 0 Å². The van der Waals surface area contributed by atoms with Crippen LogP contribution in [0.3, 0.4) is 0 Å². The number of anilines is 1. The maximum Gasteiger partial charge on any atom is 0.244 e. The second-order valence-electron chi connectivity index (χ2n) is 3.90. The number of unbranched alkanes of at least 4 members (excludes halogenated alkanes) is 1. The molecule has 0 spiro atoms. The van der Waals surface area contributed by atoms with Gasteiger partial charge in [0.25, 0.3) is 0 Å². The average molecular weight is 273 g/mol. The van der Waals surface area contributed by atoms with E-state index in [4.69, 9.17) is 10.8 Å². The Kier molecular flexibility index (Phi) is 5.52. The number of rotatable bonds is 7. The first-order chi connectivity index (χ1) is 8.52. The van der Waals surface area contributed by atoms with Crippen LogP contribution in [0.1, 0.15) is 19.8 Å². The summed E-state index contributed by atoms with van der Waals surface area (Å²) in [6.45, 7) is 2.26. The summed E-state index contributed by atoms with van der Waals surface area (Å²) in [4.78, 5) is 3.88. The van der Waals surface area contributed by atoms with Crippen molar-refractivity contribution in [1.29, 1.82) is 0 Å². The molecule has 1 aromatic rings. The van der Waals surface area contributed by atoms with Crippen LogP contribution in [-0.2, 0) is 10.0 Å². The van der Waals surface area contributed by atoms with Gasteiger partial charge < -0.3 is 10.8 Å². The minimum Gasteiger partial charge on any atom is -0.395 e. The number of aliphatic hydroxyl groups excluding tert-OH is 1. The highest BCUT2D eigenvalue weighted by Gasteiger charge is 2.23. The average Bonchev–Trinajstić information content (AvgIpc) is 2.35. The molecule has 18 heavy (non-hydrogen) atoms. The minimum atomic E-state index is -3.60. The van der Waals surface area contributed by atoms with Crippen molar-refractivity contribution in [2.45, 2.75) is 24.7 Å². The smallest absolute Gasteiger partial charge is 0.244 e. The highest BCUT2D eigenvalue weighted by atomic mass is 32.2. The lowest BCUT2D eigenvalue weighted by atomic mass is 10.3. The van der Waals surface area contributed by atoms with Crippen LogP contribution in [0.5, 0.6) is 0 Å². The Labute approximate surface area is 107 Å². The first kappa shape index (κ1) is 14.9. The molecule has 0 atom stereocenters. The Hall–Kier alpha value is -1.18. The van der Waals surface area contributed by atoms with Crippen molar-refractivity contribution >= 4 is 15.8 Å². The molecule has 7 heteroatoms. The Morgan fingerprint density at radius 1 is 1.39 bits per heavy atom. The SMILES string of the molecule is CCCCN(CCO)S(=O)(=O)c1ccc(N)nc1. The summed E-state index contributed by atoms with van der Waals surface area (Å²) in [6, 6.07) is 2.87. The van der Waals surface area contributed by atoms with Gasteiger partial charge >= 0.3 is 0 Å². The van der Waals surface area contributed by atoms with Gasteiger partial charge in [-0.2, -0.15) is 4.31 Å². The molecule has 0 saturated carbocycles. The summed E-state index contributed by atoms with van der Waals surface area (Å²) in [7, 11) is -3.60. The Bertz CT molecular complexity index is 459. The van der Waals surface area contributed by atoms with Crippen LogP contribution in [0.2, 0.25) is 0 Å². The van der Waals surface area contributed by atoms with Crippen LogP contribution in [0.25, 0.3) is 0 Å². The van der Waals surface area contributed by atoms with Crippen molar-refractivity contribution in [2.75, 3.05) is 25.4 Å². The lowest BCUT2D eigenvalue weighted by molar-refractivity contribution is 0.252. The number of pyridine rings is 1. The third-order valence-corrected chi connectivity index (χ3v) is 4.39. The molecule has 0 bridgehead atoms. The molecule has 3 N–H and O–H groups in total. The number of sulfonamides is 1. The fourth-order valence-electron chi connectivity index (χ4n) is 1.49. The van der Waals surface area contributed by atoms with Crippen LogP contribution in [0.15, 0.2) is 23.2 Å². The van der Waals surface area contributed by atoms with Crippen molar-refractivity contribution < 1.29 is 13.5 Å². The van der Waals surface area contributed by atoms with Gasteiger partial charge in [-0.15, -0.1) is 0 Å². The monoisotopic (exact) mass is 273 g/mol. The molecule has 6 nitrogen and oxygen atoms in total. The number of aliphatic hydroxyl groups is 1. The molecule has 0 aromatic carbocycles. The van der Waals surface area contributed by atoms with Crippen molar-refractivity contribution in [1.82, 2.24) is 9.29 Å². The number of hydrogen-bond donors (Lipinski definition) is 2. The zero-order valence-electron chi connectivity index (χ0n) is 10.4. The van der Waals surface area contributed by atoms with Gasteiger partial charge in [0.15, 0.2) is 0 Å². The lowest BCUT2D eigenvalue weighted by Crippen LogP contribution is -2.34. The molecule has 0 unspecified atom stereocenters. The van der Waals surface area contributed by atoms with E-state index in [1.54, 1.807) is 0 Å². The molecular weight excluding hydrogens is 254 g/mol. The summed E-state index contributed by atoms with van der Waals surface area (Å²) in [5.41, 5.74) is 5.43. The van der Waals surface area contributed by atoms with Crippen LogP contribution in [0, 0.1) is 0 Å². The zero-order valence-corrected chi connectivity index (χ0v) is 11.2. The summed E-state index contributed by atoms with van der Waals surface area (Å²) >= 11 is 0. The van der Waals surface area contributed by atoms with E-state index < -0.39 is 10.0 Å². The van der Waals surface area contributed by atoms with E-state index in [1.165, 1.54) is 22.6 Å². The first-order valence-corrected chi connectivity index (χ1v) is 7.29. The predicted octanol–water partition coefficient (Wildman–Crippen LogP) is 0.447. The van der Waals surface area contributed by atoms with Crippen molar-refractivity contribution in [2.24, 2.45) is 0 Å². The number of nitrogens with two attached hydrogens (primary N) is 1. The van der Waals surface area contributed by atoms with E-state index in [9.17, 15) is 8.42 Å². The molecule has 0 radical (unpaired) electrons. The van der Waals surface area contributed by atoms with Crippen molar-refractivity contribution in [3.63, 3.8) is 0 Å². The maximum atomic E-state index is 12.3. The van der Waals surface area contributed by atoms with Crippen LogP contribution in [-0.4, -0.2) is 42.5 Å². The van der Waals surface area contributed by atoms with Gasteiger partial charge in [0, 0.05) is 19.3 Å². The Balaban J connectivity index is 2.96. The molecule has 0 aliphatic heterocycles. The van der Waals surface area contributed by atoms with Gasteiger partial charge in [-0.25, -0.2) is 13.4 Å². The molecule has 0 aliphatic rings. The lowest BCUT2D eigenvalue weighted by Gasteiger charge is -2.20. The van der Waals surface area contributed by atoms with Crippen LogP contribution in [0.4, 0.5) is 5.82 Å². The molecule has 0 aliphatic carbocycles. The van der Waals surface area contributed by atoms with E-state index in [2.05, 4.69) is 4.98 Å². The Morgan fingerprint density at radius 3 is 2.61 bits per heavy atom. The predicted molar refractivity (Wildman–Crippen MR) is 69.4 cm³/mol. The standard InChI is InChI=1S/C11H19N3O3S/c1-2-3-6-14(7-8-15)18(16,17)10-4-5-11(12)13-9-10/h4-5,9,15H,2-3,6-8H2,1H3,(H2,12,13). The molecule has 0 fully saturated rings. The van der Waals surface area contributed by atoms with Gasteiger partial charge in [0.1, 0.15) is 10.7 Å². The molecular formula is C11H19N3O3S. The van der Waals surface area contributed by atoms with Crippen molar-refractivity contribution in [3.8, 4) is 0 Å². The zero-order chi connectivity index (χ0) is 13.6. The molecule has 0 amide bonds. The summed E-state index contributed by atoms with van der Waals surface area (Å²) in [6.07, 6.45) is 2.88. The fourth-order valence-corrected chi connectivity index (χ4v) is 2.91. The summed E-state index contributed by atoms with van der Waals surface area (Å²) in [5, 5.41) is 8.95. The molecule has 1 aromatic heterocycles. The molecule has 0 saturated heterocycles. The second-order valence-corrected chi connectivity index (χ2v) is 5.84. The second kappa shape index (κ2) is 6.67. The molecule has 102 valence electrons. The van der Waals surface area contributed by atoms with E-state index in [-0.39, 0.29) is 23.9 Å². The number of nitrogens with zero attached hydrogens (tertiary/aromatic N) is 2. The van der Waals surface area contributed by atoms with Gasteiger partial charge in [0.2, 0.25) is 10.0 Å². The van der Waals surface area contributed by atoms with Gasteiger partial charge in [-0.1, -0.05) is 13.3 Å². The largest absolute Gasteiger partial charge is 0.395 e. The van der Waals surface area contributed by atoms with E-state index in [0.29, 0.717) is 6.54 Å².